The van der Waals surface area contributed by atoms with Crippen LogP contribution in [0, 0.1) is 5.92 Å². The average molecular weight is 621 g/mol. The normalized spacial score (nSPS) is 14.9. The van der Waals surface area contributed by atoms with Crippen molar-refractivity contribution in [1.29, 1.82) is 0 Å². The minimum absolute atomic E-state index is 0.177. The number of thioether (sulfide) groups is 1. The maximum absolute atomic E-state index is 14.3. The Balaban J connectivity index is 1.53. The Bertz CT molecular complexity index is 2020. The van der Waals surface area contributed by atoms with Gasteiger partial charge in [-0.3, -0.25) is 9.36 Å². The molecule has 3 aromatic carbocycles. The number of hydrogen-bond acceptors (Lipinski definition) is 7. The van der Waals surface area contributed by atoms with E-state index in [2.05, 4.69) is 0 Å². The number of aromatic nitrogens is 3. The van der Waals surface area contributed by atoms with E-state index in [1.165, 1.54) is 11.3 Å². The average Bonchev–Trinajstić information content (AvgIpc) is 3.60. The van der Waals surface area contributed by atoms with E-state index >= 15 is 0 Å². The van der Waals surface area contributed by atoms with Gasteiger partial charge in [-0.15, -0.1) is 11.8 Å². The van der Waals surface area contributed by atoms with Crippen molar-refractivity contribution >= 4 is 35.1 Å². The van der Waals surface area contributed by atoms with Gasteiger partial charge in [-0.05, 0) is 55.0 Å². The molecule has 3 heterocycles. The monoisotopic (exact) mass is 620 g/mol. The SMILES string of the molecule is CSc1ccc(C2C(C(=O)OCC(C)C)=C(C)N=c3sc(=Cc4cn(-c5ccccc5)nc4-c4ccccc4)c(=O)n32)cc1. The van der Waals surface area contributed by atoms with Gasteiger partial charge >= 0.3 is 5.97 Å². The van der Waals surface area contributed by atoms with Gasteiger partial charge in [-0.1, -0.05) is 85.8 Å². The highest BCUT2D eigenvalue weighted by Gasteiger charge is 2.33. The summed E-state index contributed by atoms with van der Waals surface area (Å²) in [6.07, 6.45) is 5.83. The summed E-state index contributed by atoms with van der Waals surface area (Å²) in [6, 6.07) is 27.1. The molecule has 44 heavy (non-hydrogen) atoms. The first-order chi connectivity index (χ1) is 21.3. The molecule has 2 aromatic heterocycles. The number of allylic oxidation sites excluding steroid dienone is 1. The number of carbonyl (C=O) groups is 1. The van der Waals surface area contributed by atoms with Gasteiger partial charge in [0.05, 0.1) is 39.8 Å². The third-order valence-corrected chi connectivity index (χ3v) is 9.04. The maximum atomic E-state index is 14.3. The van der Waals surface area contributed by atoms with Crippen molar-refractivity contribution in [2.75, 3.05) is 12.9 Å². The van der Waals surface area contributed by atoms with Gasteiger partial charge in [-0.25, -0.2) is 14.5 Å². The minimum Gasteiger partial charge on any atom is -0.462 e. The summed E-state index contributed by atoms with van der Waals surface area (Å²) < 4.78 is 9.65. The second kappa shape index (κ2) is 12.6. The number of rotatable bonds is 8. The third kappa shape index (κ3) is 5.85. The number of nitrogens with zero attached hydrogens (tertiary/aromatic N) is 4. The summed E-state index contributed by atoms with van der Waals surface area (Å²) >= 11 is 2.94. The summed E-state index contributed by atoms with van der Waals surface area (Å²) in [5.41, 5.74) is 4.95. The summed E-state index contributed by atoms with van der Waals surface area (Å²) in [6.45, 7) is 6.08. The summed E-state index contributed by atoms with van der Waals surface area (Å²) in [5, 5.41) is 4.91. The molecule has 0 saturated carbocycles. The molecule has 9 heteroatoms. The van der Waals surface area contributed by atoms with Gasteiger partial charge in [0.2, 0.25) is 0 Å². The summed E-state index contributed by atoms with van der Waals surface area (Å²) in [7, 11) is 0. The quantitative estimate of drug-likeness (QED) is 0.157. The Morgan fingerprint density at radius 3 is 2.36 bits per heavy atom. The fourth-order valence-corrected chi connectivity index (χ4v) is 6.62. The molecule has 7 nitrogen and oxygen atoms in total. The van der Waals surface area contributed by atoms with Crippen LogP contribution in [-0.2, 0) is 9.53 Å². The fourth-order valence-electron chi connectivity index (χ4n) is 5.17. The lowest BCUT2D eigenvalue weighted by Crippen LogP contribution is -2.40. The van der Waals surface area contributed by atoms with E-state index in [0.29, 0.717) is 20.6 Å². The molecule has 1 unspecified atom stereocenters. The van der Waals surface area contributed by atoms with Gasteiger partial charge < -0.3 is 4.74 Å². The van der Waals surface area contributed by atoms with Crippen LogP contribution in [0.25, 0.3) is 23.0 Å². The van der Waals surface area contributed by atoms with Crippen LogP contribution in [0.4, 0.5) is 0 Å². The van der Waals surface area contributed by atoms with Crippen LogP contribution in [0.1, 0.15) is 37.9 Å². The van der Waals surface area contributed by atoms with Crippen LogP contribution in [0.5, 0.6) is 0 Å². The smallest absolute Gasteiger partial charge is 0.338 e. The maximum Gasteiger partial charge on any atom is 0.338 e. The first kappa shape index (κ1) is 29.6. The Morgan fingerprint density at radius 2 is 1.70 bits per heavy atom. The van der Waals surface area contributed by atoms with Gasteiger partial charge in [0.1, 0.15) is 0 Å². The van der Waals surface area contributed by atoms with E-state index in [1.54, 1.807) is 16.3 Å². The zero-order valence-electron chi connectivity index (χ0n) is 24.9. The predicted molar refractivity (Wildman–Crippen MR) is 177 cm³/mol. The van der Waals surface area contributed by atoms with Gasteiger partial charge in [0, 0.05) is 22.2 Å². The topological polar surface area (TPSA) is 78.5 Å². The van der Waals surface area contributed by atoms with Crippen LogP contribution >= 0.6 is 23.1 Å². The number of esters is 1. The molecule has 6 rings (SSSR count). The van der Waals surface area contributed by atoms with Crippen LogP contribution in [0.2, 0.25) is 0 Å². The van der Waals surface area contributed by atoms with Crippen molar-refractivity contribution in [2.45, 2.75) is 31.7 Å². The molecule has 222 valence electrons. The zero-order valence-corrected chi connectivity index (χ0v) is 26.6. The predicted octanol–water partition coefficient (Wildman–Crippen LogP) is 6.01. The Hall–Kier alpha value is -4.47. The van der Waals surface area contributed by atoms with Crippen LogP contribution < -0.4 is 14.9 Å². The third-order valence-electron chi connectivity index (χ3n) is 7.32. The fraction of sp³-hybridized carbons (Fsp3) is 0.200. The minimum atomic E-state index is -0.662. The summed E-state index contributed by atoms with van der Waals surface area (Å²) in [5.74, 6) is -0.278. The molecule has 0 N–H and O–H groups in total. The van der Waals surface area contributed by atoms with E-state index in [9.17, 15) is 9.59 Å². The zero-order chi connectivity index (χ0) is 30.8. The lowest BCUT2D eigenvalue weighted by atomic mass is 9.96. The number of fused-ring (bicyclic) bond motifs is 1. The van der Waals surface area contributed by atoms with Crippen LogP contribution in [-0.4, -0.2) is 33.2 Å². The molecule has 0 saturated heterocycles. The van der Waals surface area contributed by atoms with E-state index in [4.69, 9.17) is 14.8 Å². The molecule has 1 aliphatic heterocycles. The second-order valence-corrected chi connectivity index (χ2v) is 12.8. The largest absolute Gasteiger partial charge is 0.462 e. The molecule has 0 radical (unpaired) electrons. The van der Waals surface area contributed by atoms with E-state index in [0.717, 1.165) is 33.0 Å². The molecule has 1 atom stereocenters. The molecule has 5 aromatic rings. The van der Waals surface area contributed by atoms with Gasteiger partial charge in [0.15, 0.2) is 4.80 Å². The van der Waals surface area contributed by atoms with Crippen LogP contribution in [0.3, 0.4) is 0 Å². The Kier molecular flexibility index (Phi) is 8.50. The van der Waals surface area contributed by atoms with E-state index in [-0.39, 0.29) is 18.1 Å². The second-order valence-electron chi connectivity index (χ2n) is 10.9. The Labute approximate surface area is 263 Å². The van der Waals surface area contributed by atoms with Crippen molar-refractivity contribution in [2.24, 2.45) is 10.9 Å². The van der Waals surface area contributed by atoms with Gasteiger partial charge in [0.25, 0.3) is 5.56 Å². The molecule has 0 spiro atoms. The molecule has 0 fully saturated rings. The molecule has 1 aliphatic rings. The highest BCUT2D eigenvalue weighted by atomic mass is 32.2. The standard InChI is InChI=1S/C35H32N4O3S2/c1-22(2)21-42-34(41)30-23(3)36-35-39(32(30)25-15-17-28(43-4)18-16-25)33(40)29(44-35)19-26-20-38(27-13-9-6-10-14-27)37-31(26)24-11-7-5-8-12-24/h5-20,22,32H,21H2,1-4H3. The number of thiazole rings is 1. The lowest BCUT2D eigenvalue weighted by Gasteiger charge is -2.25. The molecular weight excluding hydrogens is 589 g/mol. The summed E-state index contributed by atoms with van der Waals surface area (Å²) in [4.78, 5) is 34.2. The highest BCUT2D eigenvalue weighted by Crippen LogP contribution is 2.32. The highest BCUT2D eigenvalue weighted by molar-refractivity contribution is 7.98. The van der Waals surface area contributed by atoms with Crippen LogP contribution in [0.15, 0.2) is 117 Å². The number of benzene rings is 3. The van der Waals surface area contributed by atoms with E-state index in [1.807, 2.05) is 129 Å². The molecule has 0 amide bonds. The molecule has 0 bridgehead atoms. The first-order valence-electron chi connectivity index (χ1n) is 14.4. The number of carbonyl (C=O) groups excluding carboxylic acids is 1. The van der Waals surface area contributed by atoms with E-state index < -0.39 is 12.0 Å². The lowest BCUT2D eigenvalue weighted by molar-refractivity contribution is -0.140. The van der Waals surface area contributed by atoms with Crippen molar-refractivity contribution in [1.82, 2.24) is 14.3 Å². The number of ether oxygens (including phenoxy) is 1. The van der Waals surface area contributed by atoms with Crippen molar-refractivity contribution in [3.8, 4) is 16.9 Å². The van der Waals surface area contributed by atoms with Crippen molar-refractivity contribution in [3.63, 3.8) is 0 Å². The van der Waals surface area contributed by atoms with Gasteiger partial charge in [-0.2, -0.15) is 5.10 Å². The van der Waals surface area contributed by atoms with Crippen molar-refractivity contribution in [3.05, 3.63) is 133 Å². The molecule has 0 aliphatic carbocycles. The molecular formula is C35H32N4O3S2. The first-order valence-corrected chi connectivity index (χ1v) is 16.4. The number of hydrogen-bond donors (Lipinski definition) is 0. The number of para-hydroxylation sites is 1. The Morgan fingerprint density at radius 1 is 1.02 bits per heavy atom. The van der Waals surface area contributed by atoms with Crippen molar-refractivity contribution < 1.29 is 9.53 Å².